The average molecular weight is 338 g/mol. The van der Waals surface area contributed by atoms with E-state index in [1.54, 1.807) is 0 Å². The van der Waals surface area contributed by atoms with Crippen molar-refractivity contribution in [2.24, 2.45) is 0 Å². The number of carbonyl (C=O) groups is 1. The maximum Gasteiger partial charge on any atom is 0.326 e. The standard InChI is InChI=1S/C15H15FN2O4S/c1-22-15(19)10-18(13-4-2-3-11(16)9-13)23(20,21)14-7-5-12(17)6-8-14/h2-9H,10,17H2,1H3. The van der Waals surface area contributed by atoms with E-state index < -0.39 is 28.4 Å². The lowest BCUT2D eigenvalue weighted by molar-refractivity contribution is -0.138. The van der Waals surface area contributed by atoms with Gasteiger partial charge >= 0.3 is 5.97 Å². The quantitative estimate of drug-likeness (QED) is 0.663. The van der Waals surface area contributed by atoms with Gasteiger partial charge in [-0.15, -0.1) is 0 Å². The predicted octanol–water partition coefficient (Wildman–Crippen LogP) is 1.78. The molecule has 0 aromatic heterocycles. The Morgan fingerprint density at radius 1 is 1.22 bits per heavy atom. The van der Waals surface area contributed by atoms with Crippen molar-refractivity contribution in [2.45, 2.75) is 4.90 Å². The van der Waals surface area contributed by atoms with Gasteiger partial charge < -0.3 is 10.5 Å². The molecule has 23 heavy (non-hydrogen) atoms. The Kier molecular flexibility index (Phi) is 4.85. The number of esters is 1. The number of hydrogen-bond donors (Lipinski definition) is 1. The van der Waals surface area contributed by atoms with Gasteiger partial charge in [0.2, 0.25) is 0 Å². The van der Waals surface area contributed by atoms with Gasteiger partial charge in [-0.2, -0.15) is 0 Å². The van der Waals surface area contributed by atoms with E-state index in [9.17, 15) is 17.6 Å². The number of nitrogen functional groups attached to an aromatic ring is 1. The third-order valence-corrected chi connectivity index (χ3v) is 4.85. The molecule has 0 aliphatic carbocycles. The summed E-state index contributed by atoms with van der Waals surface area (Å²) in [4.78, 5) is 11.5. The summed E-state index contributed by atoms with van der Waals surface area (Å²) in [5.41, 5.74) is 5.97. The smallest absolute Gasteiger partial charge is 0.326 e. The second-order valence-corrected chi connectivity index (χ2v) is 6.50. The van der Waals surface area contributed by atoms with E-state index >= 15 is 0 Å². The third kappa shape index (κ3) is 3.78. The van der Waals surface area contributed by atoms with Crippen LogP contribution in [0.4, 0.5) is 15.8 Å². The number of nitrogens with zero attached hydrogens (tertiary/aromatic N) is 1. The van der Waals surface area contributed by atoms with Crippen molar-refractivity contribution in [1.82, 2.24) is 0 Å². The minimum atomic E-state index is -4.08. The van der Waals surface area contributed by atoms with Crippen molar-refractivity contribution in [1.29, 1.82) is 0 Å². The summed E-state index contributed by atoms with van der Waals surface area (Å²) in [5.74, 6) is -1.39. The molecule has 2 aromatic carbocycles. The van der Waals surface area contributed by atoms with Crippen LogP contribution in [0.3, 0.4) is 0 Å². The lowest BCUT2D eigenvalue weighted by atomic mass is 10.3. The van der Waals surface area contributed by atoms with E-state index in [0.29, 0.717) is 5.69 Å². The molecule has 0 spiro atoms. The maximum absolute atomic E-state index is 13.4. The fraction of sp³-hybridized carbons (Fsp3) is 0.133. The molecule has 8 heteroatoms. The molecule has 0 aliphatic heterocycles. The number of sulfonamides is 1. The summed E-state index contributed by atoms with van der Waals surface area (Å²) in [6, 6.07) is 10.4. The number of anilines is 2. The number of halogens is 1. The van der Waals surface area contributed by atoms with Gasteiger partial charge in [0.05, 0.1) is 17.7 Å². The normalized spacial score (nSPS) is 11.0. The first-order valence-electron chi connectivity index (χ1n) is 6.55. The lowest BCUT2D eigenvalue weighted by Crippen LogP contribution is -2.36. The van der Waals surface area contributed by atoms with Gasteiger partial charge in [0.25, 0.3) is 10.0 Å². The monoisotopic (exact) mass is 338 g/mol. The Balaban J connectivity index is 2.51. The number of carbonyl (C=O) groups excluding carboxylic acids is 1. The number of nitrogens with two attached hydrogens (primary N) is 1. The molecular weight excluding hydrogens is 323 g/mol. The zero-order chi connectivity index (χ0) is 17.0. The highest BCUT2D eigenvalue weighted by Gasteiger charge is 2.27. The van der Waals surface area contributed by atoms with Crippen molar-refractivity contribution < 1.29 is 22.3 Å². The second kappa shape index (κ2) is 6.66. The molecule has 0 atom stereocenters. The van der Waals surface area contributed by atoms with Gasteiger partial charge in [-0.25, -0.2) is 12.8 Å². The van der Waals surface area contributed by atoms with Gasteiger partial charge in [-0.1, -0.05) is 6.07 Å². The van der Waals surface area contributed by atoms with E-state index in [0.717, 1.165) is 17.5 Å². The van der Waals surface area contributed by atoms with E-state index in [4.69, 9.17) is 5.73 Å². The number of benzene rings is 2. The molecule has 0 aliphatic rings. The number of methoxy groups -OCH3 is 1. The molecule has 6 nitrogen and oxygen atoms in total. The van der Waals surface area contributed by atoms with Crippen LogP contribution in [0, 0.1) is 5.82 Å². The summed E-state index contributed by atoms with van der Waals surface area (Å²) in [6.45, 7) is -0.577. The maximum atomic E-state index is 13.4. The molecule has 0 heterocycles. The molecule has 0 fully saturated rings. The molecule has 0 unspecified atom stereocenters. The minimum absolute atomic E-state index is 0.0206. The molecule has 0 saturated carbocycles. The van der Waals surface area contributed by atoms with E-state index in [1.165, 1.54) is 42.5 Å². The van der Waals surface area contributed by atoms with Crippen LogP contribution in [0.15, 0.2) is 53.4 Å². The molecular formula is C15H15FN2O4S. The van der Waals surface area contributed by atoms with Crippen LogP contribution in [0.1, 0.15) is 0 Å². The fourth-order valence-corrected chi connectivity index (χ4v) is 3.30. The van der Waals surface area contributed by atoms with Gasteiger partial charge in [0.1, 0.15) is 12.4 Å². The van der Waals surface area contributed by atoms with Crippen LogP contribution >= 0.6 is 0 Å². The molecule has 0 radical (unpaired) electrons. The van der Waals surface area contributed by atoms with Crippen molar-refractivity contribution >= 4 is 27.4 Å². The predicted molar refractivity (Wildman–Crippen MR) is 83.8 cm³/mol. The summed E-state index contributed by atoms with van der Waals surface area (Å²) in [5, 5.41) is 0. The van der Waals surface area contributed by atoms with Crippen molar-refractivity contribution in [3.8, 4) is 0 Å². The minimum Gasteiger partial charge on any atom is -0.468 e. The molecule has 0 saturated heterocycles. The molecule has 2 aromatic rings. The van der Waals surface area contributed by atoms with Crippen molar-refractivity contribution in [3.05, 3.63) is 54.3 Å². The first-order valence-corrected chi connectivity index (χ1v) is 7.99. The van der Waals surface area contributed by atoms with Crippen molar-refractivity contribution in [3.63, 3.8) is 0 Å². The Morgan fingerprint density at radius 3 is 2.43 bits per heavy atom. The highest BCUT2D eigenvalue weighted by atomic mass is 32.2. The summed E-state index contributed by atoms with van der Waals surface area (Å²) < 4.78 is 44.3. The first kappa shape index (κ1) is 16.8. The fourth-order valence-electron chi connectivity index (χ4n) is 1.90. The summed E-state index contributed by atoms with van der Waals surface area (Å²) in [7, 11) is -2.94. The topological polar surface area (TPSA) is 89.7 Å². The zero-order valence-corrected chi connectivity index (χ0v) is 13.1. The van der Waals surface area contributed by atoms with Crippen LogP contribution in [0.2, 0.25) is 0 Å². The number of rotatable bonds is 5. The Hall–Kier alpha value is -2.61. The Labute approximate surface area is 133 Å². The average Bonchev–Trinajstić information content (AvgIpc) is 2.52. The Bertz CT molecular complexity index is 806. The van der Waals surface area contributed by atoms with Crippen LogP contribution in [0.25, 0.3) is 0 Å². The van der Waals surface area contributed by atoms with Crippen molar-refractivity contribution in [2.75, 3.05) is 23.7 Å². The van der Waals surface area contributed by atoms with Gasteiger partial charge in [-0.3, -0.25) is 9.10 Å². The zero-order valence-electron chi connectivity index (χ0n) is 12.3. The van der Waals surface area contributed by atoms with E-state index in [-0.39, 0.29) is 10.6 Å². The SMILES string of the molecule is COC(=O)CN(c1cccc(F)c1)S(=O)(=O)c1ccc(N)cc1. The molecule has 0 amide bonds. The molecule has 0 bridgehead atoms. The number of ether oxygens (including phenoxy) is 1. The van der Waals surface area contributed by atoms with Crippen LogP contribution in [-0.4, -0.2) is 28.0 Å². The second-order valence-electron chi connectivity index (χ2n) is 4.64. The van der Waals surface area contributed by atoms with Gasteiger partial charge in [0.15, 0.2) is 0 Å². The van der Waals surface area contributed by atoms with Crippen LogP contribution in [-0.2, 0) is 19.6 Å². The summed E-state index contributed by atoms with van der Waals surface area (Å²) >= 11 is 0. The molecule has 2 N–H and O–H groups in total. The highest BCUT2D eigenvalue weighted by molar-refractivity contribution is 7.92. The van der Waals surface area contributed by atoms with Gasteiger partial charge in [-0.05, 0) is 42.5 Å². The molecule has 2 rings (SSSR count). The summed E-state index contributed by atoms with van der Waals surface area (Å²) in [6.07, 6.45) is 0. The third-order valence-electron chi connectivity index (χ3n) is 3.06. The number of hydrogen-bond acceptors (Lipinski definition) is 5. The lowest BCUT2D eigenvalue weighted by Gasteiger charge is -2.23. The molecule has 122 valence electrons. The van der Waals surface area contributed by atoms with Crippen LogP contribution in [0.5, 0.6) is 0 Å². The largest absolute Gasteiger partial charge is 0.468 e. The van der Waals surface area contributed by atoms with Crippen LogP contribution < -0.4 is 10.0 Å². The first-order chi connectivity index (χ1) is 10.8. The Morgan fingerprint density at radius 2 is 1.87 bits per heavy atom. The highest BCUT2D eigenvalue weighted by Crippen LogP contribution is 2.24. The van der Waals surface area contributed by atoms with E-state index in [1.807, 2.05) is 0 Å². The van der Waals surface area contributed by atoms with E-state index in [2.05, 4.69) is 4.74 Å². The van der Waals surface area contributed by atoms with Gasteiger partial charge in [0, 0.05) is 5.69 Å².